The summed E-state index contributed by atoms with van der Waals surface area (Å²) in [6.07, 6.45) is 1.34. The maximum atomic E-state index is 12.9. The van der Waals surface area contributed by atoms with Crippen LogP contribution >= 0.6 is 11.6 Å². The molecule has 3 N–H and O–H groups in total. The van der Waals surface area contributed by atoms with Crippen molar-refractivity contribution in [2.45, 2.75) is 0 Å². The Hall–Kier alpha value is -4.63. The van der Waals surface area contributed by atoms with E-state index in [-0.39, 0.29) is 23.6 Å². The number of hydrogen-bond donors (Lipinski definition) is 3. The number of hydrogen-bond acceptors (Lipinski definition) is 6. The summed E-state index contributed by atoms with van der Waals surface area (Å²) >= 11 is 6.02. The number of aromatic hydroxyl groups is 1. The van der Waals surface area contributed by atoms with Gasteiger partial charge < -0.3 is 15.2 Å². The molecule has 1 aliphatic rings. The van der Waals surface area contributed by atoms with Gasteiger partial charge in [-0.2, -0.15) is 0 Å². The lowest BCUT2D eigenvalue weighted by Gasteiger charge is -2.26. The smallest absolute Gasteiger partial charge is 0.335 e. The van der Waals surface area contributed by atoms with Gasteiger partial charge in [-0.15, -0.1) is 0 Å². The summed E-state index contributed by atoms with van der Waals surface area (Å²) < 4.78 is 5.47. The molecule has 0 radical (unpaired) electrons. The minimum absolute atomic E-state index is 0.0332. The minimum Gasteiger partial charge on any atom is -0.508 e. The molecule has 1 fully saturated rings. The Morgan fingerprint density at radius 3 is 2.37 bits per heavy atom. The number of benzene rings is 3. The number of carbonyl (C=O) groups is 4. The molecule has 3 aromatic carbocycles. The fourth-order valence-corrected chi connectivity index (χ4v) is 3.40. The molecular weight excluding hydrogens is 474 g/mol. The van der Waals surface area contributed by atoms with Gasteiger partial charge in [-0.3, -0.25) is 19.7 Å². The van der Waals surface area contributed by atoms with Gasteiger partial charge in [0.1, 0.15) is 17.1 Å². The van der Waals surface area contributed by atoms with E-state index in [2.05, 4.69) is 10.6 Å². The van der Waals surface area contributed by atoms with Crippen LogP contribution in [0.15, 0.2) is 78.4 Å². The molecule has 10 heteroatoms. The number of urea groups is 1. The lowest BCUT2D eigenvalue weighted by Crippen LogP contribution is -2.54. The molecule has 0 spiro atoms. The summed E-state index contributed by atoms with van der Waals surface area (Å²) in [5.74, 6) is -1.67. The monoisotopic (exact) mass is 491 g/mol. The molecule has 0 aliphatic carbocycles. The highest BCUT2D eigenvalue weighted by Crippen LogP contribution is 2.24. The predicted octanol–water partition coefficient (Wildman–Crippen LogP) is 3.73. The highest BCUT2D eigenvalue weighted by molar-refractivity contribution is 6.39. The first-order valence-electron chi connectivity index (χ1n) is 10.3. The highest BCUT2D eigenvalue weighted by atomic mass is 35.5. The van der Waals surface area contributed by atoms with Crippen LogP contribution in [-0.2, 0) is 14.4 Å². The van der Waals surface area contributed by atoms with Gasteiger partial charge >= 0.3 is 6.03 Å². The van der Waals surface area contributed by atoms with Crippen LogP contribution in [0.2, 0.25) is 5.02 Å². The normalized spacial score (nSPS) is 14.6. The molecule has 0 saturated carbocycles. The SMILES string of the molecule is O=C(COc1ccc(/C=C2/C(=O)NC(=O)N(c3ccc(O)cc3)C2=O)cc1)Nc1ccccc1Cl. The molecule has 9 nitrogen and oxygen atoms in total. The van der Waals surface area contributed by atoms with Gasteiger partial charge in [-0.25, -0.2) is 9.69 Å². The molecule has 1 heterocycles. The molecular formula is C25H18ClN3O6. The summed E-state index contributed by atoms with van der Waals surface area (Å²) in [6, 6.07) is 17.7. The van der Waals surface area contributed by atoms with Gasteiger partial charge in [0.05, 0.1) is 16.4 Å². The first-order chi connectivity index (χ1) is 16.8. The number of rotatable bonds is 6. The number of imide groups is 2. The van der Waals surface area contributed by atoms with Gasteiger partial charge in [-0.1, -0.05) is 35.9 Å². The number of halogens is 1. The van der Waals surface area contributed by atoms with Crippen LogP contribution in [0, 0.1) is 0 Å². The van der Waals surface area contributed by atoms with Crippen molar-refractivity contribution in [3.05, 3.63) is 89.0 Å². The summed E-state index contributed by atoms with van der Waals surface area (Å²) in [5.41, 5.74) is 0.921. The summed E-state index contributed by atoms with van der Waals surface area (Å²) in [4.78, 5) is 50.3. The van der Waals surface area contributed by atoms with Gasteiger partial charge in [0.2, 0.25) is 0 Å². The number of carbonyl (C=O) groups excluding carboxylic acids is 4. The van der Waals surface area contributed by atoms with E-state index in [4.69, 9.17) is 16.3 Å². The average molecular weight is 492 g/mol. The number of phenols is 1. The number of anilines is 2. The molecule has 0 bridgehead atoms. The van der Waals surface area contributed by atoms with Gasteiger partial charge in [0.15, 0.2) is 6.61 Å². The molecule has 35 heavy (non-hydrogen) atoms. The van der Waals surface area contributed by atoms with E-state index in [9.17, 15) is 24.3 Å². The van der Waals surface area contributed by atoms with Crippen molar-refractivity contribution in [1.29, 1.82) is 0 Å². The van der Waals surface area contributed by atoms with E-state index in [1.54, 1.807) is 48.5 Å². The quantitative estimate of drug-likeness (QED) is 0.356. The van der Waals surface area contributed by atoms with Gasteiger partial charge in [0, 0.05) is 0 Å². The summed E-state index contributed by atoms with van der Waals surface area (Å²) in [5, 5.41) is 14.6. The minimum atomic E-state index is -0.887. The first-order valence-corrected chi connectivity index (χ1v) is 10.7. The number of para-hydroxylation sites is 1. The van der Waals surface area contributed by atoms with E-state index in [0.717, 1.165) is 4.90 Å². The highest BCUT2D eigenvalue weighted by Gasteiger charge is 2.36. The number of nitrogens with one attached hydrogen (secondary N) is 2. The van der Waals surface area contributed by atoms with Crippen LogP contribution in [0.25, 0.3) is 6.08 Å². The Balaban J connectivity index is 1.43. The Morgan fingerprint density at radius 1 is 1.00 bits per heavy atom. The molecule has 4 rings (SSSR count). The van der Waals surface area contributed by atoms with Crippen molar-refractivity contribution in [2.24, 2.45) is 0 Å². The van der Waals surface area contributed by atoms with E-state index in [1.165, 1.54) is 30.3 Å². The second-order valence-corrected chi connectivity index (χ2v) is 7.77. The third-order valence-electron chi connectivity index (χ3n) is 4.92. The van der Waals surface area contributed by atoms with Crippen LogP contribution < -0.4 is 20.3 Å². The van der Waals surface area contributed by atoms with Crippen molar-refractivity contribution >= 4 is 52.8 Å². The Labute approximate surface area is 204 Å². The molecule has 5 amide bonds. The zero-order valence-corrected chi connectivity index (χ0v) is 18.8. The maximum Gasteiger partial charge on any atom is 0.335 e. The van der Waals surface area contributed by atoms with Crippen molar-refractivity contribution in [3.63, 3.8) is 0 Å². The number of phenolic OH excluding ortho intramolecular Hbond substituents is 1. The molecule has 1 saturated heterocycles. The zero-order valence-electron chi connectivity index (χ0n) is 18.0. The Bertz CT molecular complexity index is 1340. The summed E-state index contributed by atoms with van der Waals surface area (Å²) in [7, 11) is 0. The molecule has 0 atom stereocenters. The van der Waals surface area contributed by atoms with Gasteiger partial charge in [-0.05, 0) is 60.2 Å². The number of nitrogens with zero attached hydrogens (tertiary/aromatic N) is 1. The van der Waals surface area contributed by atoms with Crippen molar-refractivity contribution in [1.82, 2.24) is 5.32 Å². The van der Waals surface area contributed by atoms with E-state index in [1.807, 2.05) is 0 Å². The topological polar surface area (TPSA) is 125 Å². The van der Waals surface area contributed by atoms with E-state index >= 15 is 0 Å². The number of amides is 5. The standard InChI is InChI=1S/C25H18ClN3O6/c26-20-3-1-2-4-21(20)27-22(31)14-35-18-11-5-15(6-12-18)13-19-23(32)28-25(34)29(24(19)33)16-7-9-17(30)10-8-16/h1-13,30H,14H2,(H,27,31)(H,28,32,34)/b19-13-. The summed E-state index contributed by atoms with van der Waals surface area (Å²) in [6.45, 7) is -0.254. The van der Waals surface area contributed by atoms with Crippen LogP contribution in [0.3, 0.4) is 0 Å². The molecule has 3 aromatic rings. The Kier molecular flexibility index (Phi) is 6.79. The maximum absolute atomic E-state index is 12.9. The second kappa shape index (κ2) is 10.1. The van der Waals surface area contributed by atoms with Crippen molar-refractivity contribution in [3.8, 4) is 11.5 Å². The molecule has 1 aliphatic heterocycles. The predicted molar refractivity (Wildman–Crippen MR) is 129 cm³/mol. The lowest BCUT2D eigenvalue weighted by molar-refractivity contribution is -0.122. The van der Waals surface area contributed by atoms with Crippen LogP contribution in [0.1, 0.15) is 5.56 Å². The largest absolute Gasteiger partial charge is 0.508 e. The lowest BCUT2D eigenvalue weighted by atomic mass is 10.1. The van der Waals surface area contributed by atoms with E-state index in [0.29, 0.717) is 22.0 Å². The number of ether oxygens (including phenoxy) is 1. The average Bonchev–Trinajstić information content (AvgIpc) is 2.84. The first kappa shape index (κ1) is 23.5. The zero-order chi connectivity index (χ0) is 24.9. The third kappa shape index (κ3) is 5.48. The van der Waals surface area contributed by atoms with Crippen molar-refractivity contribution < 1.29 is 29.0 Å². The van der Waals surface area contributed by atoms with E-state index < -0.39 is 23.8 Å². The molecule has 0 aromatic heterocycles. The molecule has 176 valence electrons. The number of barbiturate groups is 1. The van der Waals surface area contributed by atoms with Gasteiger partial charge in [0.25, 0.3) is 17.7 Å². The second-order valence-electron chi connectivity index (χ2n) is 7.36. The third-order valence-corrected chi connectivity index (χ3v) is 5.25. The van der Waals surface area contributed by atoms with Crippen molar-refractivity contribution in [2.75, 3.05) is 16.8 Å². The van der Waals surface area contributed by atoms with Crippen LogP contribution in [0.4, 0.5) is 16.2 Å². The van der Waals surface area contributed by atoms with Crippen LogP contribution in [0.5, 0.6) is 11.5 Å². The fourth-order valence-electron chi connectivity index (χ4n) is 3.22. The molecule has 0 unspecified atom stereocenters. The fraction of sp³-hybridized carbons (Fsp3) is 0.0400. The van der Waals surface area contributed by atoms with Crippen LogP contribution in [-0.4, -0.2) is 35.5 Å². The Morgan fingerprint density at radius 2 is 1.69 bits per heavy atom.